The molecule has 0 saturated carbocycles. The average Bonchev–Trinajstić information content (AvgIpc) is 2.71. The van der Waals surface area contributed by atoms with E-state index in [2.05, 4.69) is 22.3 Å². The topological polar surface area (TPSA) is 61.8 Å². The van der Waals surface area contributed by atoms with Crippen molar-refractivity contribution in [2.45, 2.75) is 31.8 Å². The van der Waals surface area contributed by atoms with Crippen molar-refractivity contribution >= 4 is 17.5 Å². The molecule has 1 heterocycles. The van der Waals surface area contributed by atoms with E-state index in [1.54, 1.807) is 6.07 Å². The molecule has 0 aromatic heterocycles. The second kappa shape index (κ2) is 10.1. The molecule has 0 unspecified atom stereocenters. The van der Waals surface area contributed by atoms with Crippen LogP contribution in [0.1, 0.15) is 24.0 Å². The quantitative estimate of drug-likeness (QED) is 0.693. The van der Waals surface area contributed by atoms with Gasteiger partial charge >= 0.3 is 0 Å². The lowest BCUT2D eigenvalue weighted by Crippen LogP contribution is -2.50. The molecule has 1 aliphatic rings. The SMILES string of the molecule is Cc1ccc(Cl)c(OCC2(O)CCN(CC(=O)NCCc3ccccc3)CC2)c1. The van der Waals surface area contributed by atoms with Crippen LogP contribution in [0.5, 0.6) is 5.75 Å². The highest BCUT2D eigenvalue weighted by molar-refractivity contribution is 6.32. The standard InChI is InChI=1S/C23H29ClN2O3/c1-18-7-8-20(24)21(15-18)29-17-23(28)10-13-26(14-11-23)16-22(27)25-12-9-19-5-3-2-4-6-19/h2-8,15,28H,9-14,16-17H2,1H3,(H,25,27). The molecule has 2 aromatic carbocycles. The molecule has 1 aliphatic heterocycles. The Balaban J connectivity index is 1.37. The van der Waals surface area contributed by atoms with Crippen LogP contribution in [0.15, 0.2) is 48.5 Å². The Morgan fingerprint density at radius 2 is 1.93 bits per heavy atom. The fourth-order valence-electron chi connectivity index (χ4n) is 3.45. The van der Waals surface area contributed by atoms with Gasteiger partial charge in [-0.3, -0.25) is 9.69 Å². The Morgan fingerprint density at radius 1 is 1.21 bits per heavy atom. The molecule has 2 aromatic rings. The molecule has 0 radical (unpaired) electrons. The Labute approximate surface area is 177 Å². The summed E-state index contributed by atoms with van der Waals surface area (Å²) in [6, 6.07) is 15.7. The number of rotatable bonds is 8. The Bertz CT molecular complexity index is 805. The number of nitrogens with one attached hydrogen (secondary N) is 1. The van der Waals surface area contributed by atoms with Gasteiger partial charge in [0.25, 0.3) is 0 Å². The number of amides is 1. The summed E-state index contributed by atoms with van der Waals surface area (Å²) in [6.07, 6.45) is 1.95. The van der Waals surface area contributed by atoms with Crippen LogP contribution in [0.2, 0.25) is 5.02 Å². The van der Waals surface area contributed by atoms with Gasteiger partial charge in [0.2, 0.25) is 5.91 Å². The van der Waals surface area contributed by atoms with Gasteiger partial charge in [0.05, 0.1) is 11.6 Å². The molecule has 1 amide bonds. The molecule has 2 N–H and O–H groups in total. The van der Waals surface area contributed by atoms with Crippen molar-refractivity contribution in [2.24, 2.45) is 0 Å². The van der Waals surface area contributed by atoms with Crippen molar-refractivity contribution in [2.75, 3.05) is 32.8 Å². The van der Waals surface area contributed by atoms with Gasteiger partial charge in [-0.05, 0) is 49.4 Å². The van der Waals surface area contributed by atoms with Crippen LogP contribution in [-0.2, 0) is 11.2 Å². The first-order valence-electron chi connectivity index (χ1n) is 10.1. The lowest BCUT2D eigenvalue weighted by atomic mass is 9.92. The number of piperidine rings is 1. The minimum Gasteiger partial charge on any atom is -0.489 e. The van der Waals surface area contributed by atoms with Crippen LogP contribution in [-0.4, -0.2) is 54.3 Å². The van der Waals surface area contributed by atoms with Gasteiger partial charge < -0.3 is 15.2 Å². The summed E-state index contributed by atoms with van der Waals surface area (Å²) < 4.78 is 5.79. The van der Waals surface area contributed by atoms with E-state index in [9.17, 15) is 9.90 Å². The number of hydrogen-bond donors (Lipinski definition) is 2. The Hall–Kier alpha value is -2.08. The summed E-state index contributed by atoms with van der Waals surface area (Å²) in [6.45, 7) is 4.48. The first-order valence-corrected chi connectivity index (χ1v) is 10.5. The fraction of sp³-hybridized carbons (Fsp3) is 0.435. The molecular formula is C23H29ClN2O3. The highest BCUT2D eigenvalue weighted by Crippen LogP contribution is 2.28. The summed E-state index contributed by atoms with van der Waals surface area (Å²) in [5.74, 6) is 0.620. The molecule has 0 atom stereocenters. The second-order valence-corrected chi connectivity index (χ2v) is 8.22. The van der Waals surface area contributed by atoms with Gasteiger partial charge in [0, 0.05) is 19.6 Å². The van der Waals surface area contributed by atoms with Gasteiger partial charge in [-0.1, -0.05) is 48.0 Å². The zero-order chi connectivity index (χ0) is 20.7. The maximum atomic E-state index is 12.2. The fourth-order valence-corrected chi connectivity index (χ4v) is 3.63. The first-order chi connectivity index (χ1) is 13.9. The van der Waals surface area contributed by atoms with E-state index in [1.807, 2.05) is 37.3 Å². The normalized spacial score (nSPS) is 16.4. The van der Waals surface area contributed by atoms with Crippen LogP contribution in [0, 0.1) is 6.92 Å². The Morgan fingerprint density at radius 3 is 2.66 bits per heavy atom. The predicted molar refractivity (Wildman–Crippen MR) is 115 cm³/mol. The highest BCUT2D eigenvalue weighted by Gasteiger charge is 2.33. The number of carbonyl (C=O) groups excluding carboxylic acids is 1. The third-order valence-electron chi connectivity index (χ3n) is 5.32. The van der Waals surface area contributed by atoms with Crippen molar-refractivity contribution in [3.05, 3.63) is 64.7 Å². The summed E-state index contributed by atoms with van der Waals surface area (Å²) in [7, 11) is 0. The highest BCUT2D eigenvalue weighted by atomic mass is 35.5. The van der Waals surface area contributed by atoms with E-state index in [-0.39, 0.29) is 12.5 Å². The summed E-state index contributed by atoms with van der Waals surface area (Å²) in [5, 5.41) is 14.3. The summed E-state index contributed by atoms with van der Waals surface area (Å²) in [4.78, 5) is 14.3. The van der Waals surface area contributed by atoms with Gasteiger partial charge in [-0.25, -0.2) is 0 Å². The minimum atomic E-state index is -0.895. The van der Waals surface area contributed by atoms with Gasteiger partial charge in [0.1, 0.15) is 18.0 Å². The lowest BCUT2D eigenvalue weighted by molar-refractivity contribution is -0.123. The number of carbonyl (C=O) groups is 1. The molecular weight excluding hydrogens is 388 g/mol. The number of aliphatic hydroxyl groups is 1. The van der Waals surface area contributed by atoms with Crippen LogP contribution in [0.4, 0.5) is 0 Å². The van der Waals surface area contributed by atoms with Crippen LogP contribution >= 0.6 is 11.6 Å². The number of benzene rings is 2. The molecule has 29 heavy (non-hydrogen) atoms. The smallest absolute Gasteiger partial charge is 0.234 e. The van der Waals surface area contributed by atoms with E-state index in [0.717, 1.165) is 12.0 Å². The van der Waals surface area contributed by atoms with E-state index < -0.39 is 5.60 Å². The van der Waals surface area contributed by atoms with Crippen molar-refractivity contribution < 1.29 is 14.6 Å². The van der Waals surface area contributed by atoms with E-state index in [1.165, 1.54) is 5.56 Å². The summed E-state index contributed by atoms with van der Waals surface area (Å²) in [5.41, 5.74) is 1.38. The van der Waals surface area contributed by atoms with Crippen molar-refractivity contribution in [3.8, 4) is 5.75 Å². The molecule has 0 spiro atoms. The van der Waals surface area contributed by atoms with Crippen LogP contribution < -0.4 is 10.1 Å². The van der Waals surface area contributed by atoms with E-state index >= 15 is 0 Å². The van der Waals surface area contributed by atoms with Gasteiger partial charge in [-0.15, -0.1) is 0 Å². The van der Waals surface area contributed by atoms with Gasteiger partial charge in [-0.2, -0.15) is 0 Å². The first kappa shape index (κ1) is 21.6. The molecule has 3 rings (SSSR count). The van der Waals surface area contributed by atoms with E-state index in [0.29, 0.717) is 49.8 Å². The van der Waals surface area contributed by atoms with E-state index in [4.69, 9.17) is 16.3 Å². The molecule has 5 nitrogen and oxygen atoms in total. The van der Waals surface area contributed by atoms with Crippen molar-refractivity contribution in [1.82, 2.24) is 10.2 Å². The second-order valence-electron chi connectivity index (χ2n) is 7.81. The third-order valence-corrected chi connectivity index (χ3v) is 5.63. The monoisotopic (exact) mass is 416 g/mol. The Kier molecular flexibility index (Phi) is 7.53. The maximum Gasteiger partial charge on any atom is 0.234 e. The molecule has 1 saturated heterocycles. The van der Waals surface area contributed by atoms with Crippen molar-refractivity contribution in [1.29, 1.82) is 0 Å². The molecule has 156 valence electrons. The average molecular weight is 417 g/mol. The molecule has 0 aliphatic carbocycles. The predicted octanol–water partition coefficient (Wildman–Crippen LogP) is 3.21. The van der Waals surface area contributed by atoms with Crippen molar-refractivity contribution in [3.63, 3.8) is 0 Å². The zero-order valence-corrected chi connectivity index (χ0v) is 17.6. The number of ether oxygens (including phenoxy) is 1. The number of aryl methyl sites for hydroxylation is 1. The number of likely N-dealkylation sites (tertiary alicyclic amines) is 1. The van der Waals surface area contributed by atoms with Gasteiger partial charge in [0.15, 0.2) is 0 Å². The molecule has 1 fully saturated rings. The third kappa shape index (κ3) is 6.74. The maximum absolute atomic E-state index is 12.2. The summed E-state index contributed by atoms with van der Waals surface area (Å²) >= 11 is 6.16. The molecule has 6 heteroatoms. The number of hydrogen-bond acceptors (Lipinski definition) is 4. The number of nitrogens with zero attached hydrogens (tertiary/aromatic N) is 1. The lowest BCUT2D eigenvalue weighted by Gasteiger charge is -2.37. The zero-order valence-electron chi connectivity index (χ0n) is 16.9. The minimum absolute atomic E-state index is 0.0224. The van der Waals surface area contributed by atoms with Crippen LogP contribution in [0.25, 0.3) is 0 Å². The number of halogens is 1. The molecule has 0 bridgehead atoms. The van der Waals surface area contributed by atoms with Crippen LogP contribution in [0.3, 0.4) is 0 Å². The largest absolute Gasteiger partial charge is 0.489 e.